The molecule has 7 nitrogen and oxygen atoms in total. The van der Waals surface area contributed by atoms with Crippen molar-refractivity contribution in [3.05, 3.63) is 0 Å². The first-order chi connectivity index (χ1) is 9.99. The zero-order valence-electron chi connectivity index (χ0n) is 12.8. The average molecular weight is 302 g/mol. The maximum Gasteiger partial charge on any atom is 0.320 e. The quantitative estimate of drug-likeness (QED) is 0.725. The molecule has 0 aromatic rings. The van der Waals surface area contributed by atoms with Gasteiger partial charge >= 0.3 is 12.0 Å². The third-order valence-electron chi connectivity index (χ3n) is 3.75. The summed E-state index contributed by atoms with van der Waals surface area (Å²) in [5.41, 5.74) is 0. The third kappa shape index (κ3) is 5.51. The molecule has 0 saturated carbocycles. The zero-order chi connectivity index (χ0) is 15.8. The molecule has 1 aliphatic heterocycles. The predicted octanol–water partition coefficient (Wildman–Crippen LogP) is 0.765. The second kappa shape index (κ2) is 8.84. The first-order valence-electron chi connectivity index (χ1n) is 7.49. The topological polar surface area (TPSA) is 90.3 Å². The van der Waals surface area contributed by atoms with E-state index in [1.54, 1.807) is 16.7 Å². The summed E-state index contributed by atoms with van der Waals surface area (Å²) in [7, 11) is 0. The lowest BCUT2D eigenvalue weighted by molar-refractivity contribution is -0.138. The van der Waals surface area contributed by atoms with Crippen molar-refractivity contribution in [1.82, 2.24) is 9.80 Å². The van der Waals surface area contributed by atoms with Crippen LogP contribution >= 0.6 is 0 Å². The van der Waals surface area contributed by atoms with Gasteiger partial charge in [-0.15, -0.1) is 0 Å². The minimum atomic E-state index is -0.898. The second-order valence-corrected chi connectivity index (χ2v) is 5.30. The van der Waals surface area contributed by atoms with Crippen molar-refractivity contribution in [1.29, 1.82) is 0 Å². The van der Waals surface area contributed by atoms with Gasteiger partial charge in [0.25, 0.3) is 0 Å². The lowest BCUT2D eigenvalue weighted by atomic mass is 10.1. The fourth-order valence-electron chi connectivity index (χ4n) is 2.61. The molecular formula is C14H26N2O5. The van der Waals surface area contributed by atoms with Gasteiger partial charge < -0.3 is 24.7 Å². The van der Waals surface area contributed by atoms with Crippen LogP contribution in [0.3, 0.4) is 0 Å². The number of ether oxygens (including phenoxy) is 1. The van der Waals surface area contributed by atoms with Crippen molar-refractivity contribution in [2.45, 2.75) is 45.3 Å². The van der Waals surface area contributed by atoms with E-state index in [-0.39, 0.29) is 31.2 Å². The highest BCUT2D eigenvalue weighted by Gasteiger charge is 2.28. The van der Waals surface area contributed by atoms with Crippen LogP contribution in [-0.2, 0) is 9.53 Å². The Labute approximate surface area is 125 Å². The zero-order valence-corrected chi connectivity index (χ0v) is 12.8. The monoisotopic (exact) mass is 302 g/mol. The average Bonchev–Trinajstić information content (AvgIpc) is 2.45. The molecule has 0 aliphatic carbocycles. The van der Waals surface area contributed by atoms with Crippen LogP contribution in [0.15, 0.2) is 0 Å². The van der Waals surface area contributed by atoms with E-state index in [1.807, 2.05) is 6.92 Å². The van der Waals surface area contributed by atoms with Crippen molar-refractivity contribution in [2.24, 2.45) is 0 Å². The normalized spacial score (nSPS) is 17.6. The summed E-state index contributed by atoms with van der Waals surface area (Å²) in [5, 5.41) is 17.6. The Morgan fingerprint density at radius 1 is 1.38 bits per heavy atom. The van der Waals surface area contributed by atoms with Gasteiger partial charge in [-0.25, -0.2) is 4.79 Å². The summed E-state index contributed by atoms with van der Waals surface area (Å²) >= 11 is 0. The lowest BCUT2D eigenvalue weighted by Crippen LogP contribution is -2.51. The number of aliphatic carboxylic acids is 1. The number of amides is 2. The molecule has 2 N–H and O–H groups in total. The van der Waals surface area contributed by atoms with Crippen LogP contribution in [0.4, 0.5) is 4.79 Å². The number of carboxylic acids is 1. The molecule has 1 saturated heterocycles. The first kappa shape index (κ1) is 17.7. The first-order valence-corrected chi connectivity index (χ1v) is 7.49. The minimum Gasteiger partial charge on any atom is -0.481 e. The van der Waals surface area contributed by atoms with Gasteiger partial charge in [0.1, 0.15) is 0 Å². The molecule has 0 aromatic heterocycles. The molecular weight excluding hydrogens is 276 g/mol. The Hall–Kier alpha value is -1.34. The van der Waals surface area contributed by atoms with E-state index in [0.717, 1.165) is 12.8 Å². The predicted molar refractivity (Wildman–Crippen MR) is 77.1 cm³/mol. The maximum atomic E-state index is 12.5. The lowest BCUT2D eigenvalue weighted by Gasteiger charge is -2.37. The van der Waals surface area contributed by atoms with Gasteiger partial charge in [-0.1, -0.05) is 0 Å². The molecule has 21 heavy (non-hydrogen) atoms. The van der Waals surface area contributed by atoms with Crippen molar-refractivity contribution in [2.75, 3.05) is 32.8 Å². The Balaban J connectivity index is 2.49. The number of hydrogen-bond donors (Lipinski definition) is 2. The Morgan fingerprint density at radius 2 is 2.00 bits per heavy atom. The van der Waals surface area contributed by atoms with E-state index in [2.05, 4.69) is 0 Å². The van der Waals surface area contributed by atoms with Crippen molar-refractivity contribution < 1.29 is 24.5 Å². The smallest absolute Gasteiger partial charge is 0.320 e. The summed E-state index contributed by atoms with van der Waals surface area (Å²) in [4.78, 5) is 26.6. The molecule has 0 radical (unpaired) electrons. The van der Waals surface area contributed by atoms with E-state index in [0.29, 0.717) is 26.2 Å². The number of carbonyl (C=O) groups is 2. The molecule has 1 fully saturated rings. The molecule has 122 valence electrons. The van der Waals surface area contributed by atoms with Crippen molar-refractivity contribution in [3.63, 3.8) is 0 Å². The van der Waals surface area contributed by atoms with Crippen LogP contribution in [0, 0.1) is 0 Å². The van der Waals surface area contributed by atoms with Crippen molar-refractivity contribution in [3.8, 4) is 0 Å². The van der Waals surface area contributed by atoms with Crippen LogP contribution in [-0.4, -0.2) is 77.0 Å². The number of carbonyl (C=O) groups excluding carboxylic acids is 1. The van der Waals surface area contributed by atoms with Gasteiger partial charge in [-0.2, -0.15) is 0 Å². The van der Waals surface area contributed by atoms with E-state index in [1.165, 1.54) is 0 Å². The number of urea groups is 1. The highest BCUT2D eigenvalue weighted by atomic mass is 16.5. The van der Waals surface area contributed by atoms with E-state index < -0.39 is 5.97 Å². The molecule has 1 rings (SSSR count). The Kier molecular flexibility index (Phi) is 7.45. The molecule has 7 heteroatoms. The third-order valence-corrected chi connectivity index (χ3v) is 3.75. The van der Waals surface area contributed by atoms with Crippen LogP contribution in [0.5, 0.6) is 0 Å². The summed E-state index contributed by atoms with van der Waals surface area (Å²) in [5.74, 6) is -0.898. The van der Waals surface area contributed by atoms with Crippen molar-refractivity contribution >= 4 is 12.0 Å². The molecule has 2 amide bonds. The van der Waals surface area contributed by atoms with Gasteiger partial charge in [0.05, 0.1) is 25.7 Å². The number of piperidine rings is 1. The van der Waals surface area contributed by atoms with Gasteiger partial charge in [0.2, 0.25) is 0 Å². The SMILES string of the molecule is CCN(C(=O)N1CCC(OCCO)CC1)C(C)CC(=O)O. The maximum absolute atomic E-state index is 12.5. The summed E-state index contributed by atoms with van der Waals surface area (Å²) in [6.45, 7) is 5.65. The fourth-order valence-corrected chi connectivity index (χ4v) is 2.61. The molecule has 0 spiro atoms. The molecule has 1 aliphatic rings. The molecule has 1 atom stereocenters. The Bertz CT molecular complexity index is 342. The fraction of sp³-hybridized carbons (Fsp3) is 0.857. The van der Waals surface area contributed by atoms with Gasteiger partial charge in [0, 0.05) is 25.7 Å². The highest BCUT2D eigenvalue weighted by Crippen LogP contribution is 2.17. The second-order valence-electron chi connectivity index (χ2n) is 5.30. The largest absolute Gasteiger partial charge is 0.481 e. The highest BCUT2D eigenvalue weighted by molar-refractivity contribution is 5.76. The summed E-state index contributed by atoms with van der Waals surface area (Å²) in [6, 6.07) is -0.421. The van der Waals surface area contributed by atoms with Crippen LogP contribution < -0.4 is 0 Å². The van der Waals surface area contributed by atoms with Crippen LogP contribution in [0.1, 0.15) is 33.1 Å². The number of rotatable bonds is 7. The molecule has 1 unspecified atom stereocenters. The van der Waals surface area contributed by atoms with Gasteiger partial charge in [0.15, 0.2) is 0 Å². The Morgan fingerprint density at radius 3 is 2.48 bits per heavy atom. The number of aliphatic hydroxyl groups excluding tert-OH is 1. The van der Waals surface area contributed by atoms with E-state index in [9.17, 15) is 9.59 Å². The standard InChI is InChI=1S/C14H26N2O5/c1-3-16(11(2)10-13(18)19)14(20)15-6-4-12(5-7-15)21-9-8-17/h11-12,17H,3-10H2,1-2H3,(H,18,19). The molecule has 0 aromatic carbocycles. The minimum absolute atomic E-state index is 0.00939. The number of hydrogen-bond acceptors (Lipinski definition) is 4. The number of carboxylic acid groups (broad SMARTS) is 1. The molecule has 0 bridgehead atoms. The molecule has 1 heterocycles. The van der Waals surface area contributed by atoms with E-state index >= 15 is 0 Å². The van der Waals surface area contributed by atoms with Crippen LogP contribution in [0.2, 0.25) is 0 Å². The van der Waals surface area contributed by atoms with E-state index in [4.69, 9.17) is 14.9 Å². The van der Waals surface area contributed by atoms with Gasteiger partial charge in [-0.05, 0) is 26.7 Å². The number of aliphatic hydroxyl groups is 1. The number of likely N-dealkylation sites (tertiary alicyclic amines) is 1. The summed E-state index contributed by atoms with van der Waals surface area (Å²) < 4.78 is 5.47. The summed E-state index contributed by atoms with van der Waals surface area (Å²) in [6.07, 6.45) is 1.54. The van der Waals surface area contributed by atoms with Gasteiger partial charge in [-0.3, -0.25) is 4.79 Å². The number of nitrogens with zero attached hydrogens (tertiary/aromatic N) is 2. The van der Waals surface area contributed by atoms with Crippen LogP contribution in [0.25, 0.3) is 0 Å².